The number of ether oxygens (including phenoxy) is 4. The topological polar surface area (TPSA) is 172 Å². The lowest BCUT2D eigenvalue weighted by Gasteiger charge is -2.46. The molecule has 4 aliphatic rings. The summed E-state index contributed by atoms with van der Waals surface area (Å²) in [5.74, 6) is -2.09. The number of methoxy groups -OCH3 is 2. The Hall–Kier alpha value is -3.74. The van der Waals surface area contributed by atoms with E-state index in [4.69, 9.17) is 18.9 Å². The van der Waals surface area contributed by atoms with Crippen molar-refractivity contribution in [2.45, 2.75) is 75.8 Å². The third-order valence-corrected chi connectivity index (χ3v) is 9.43. The molecular weight excluding hydrogens is 560 g/mol. The number of hydrogen-bond donors (Lipinski definition) is 5. The van der Waals surface area contributed by atoms with Crippen LogP contribution in [0.2, 0.25) is 0 Å². The van der Waals surface area contributed by atoms with Gasteiger partial charge in [0.1, 0.15) is 58.5 Å². The van der Waals surface area contributed by atoms with Gasteiger partial charge in [0.05, 0.1) is 6.10 Å². The minimum absolute atomic E-state index is 0.00742. The molecule has 0 fully saturated rings. The predicted molar refractivity (Wildman–Crippen MR) is 152 cm³/mol. The molecule has 43 heavy (non-hydrogen) atoms. The molecule has 0 saturated carbocycles. The van der Waals surface area contributed by atoms with Gasteiger partial charge >= 0.3 is 0 Å². The molecule has 228 valence electrons. The summed E-state index contributed by atoms with van der Waals surface area (Å²) in [5.41, 5.74) is -2.15. The average Bonchev–Trinajstić information content (AvgIpc) is 2.93. The number of rotatable bonds is 3. The van der Waals surface area contributed by atoms with Gasteiger partial charge in [0.25, 0.3) is 0 Å². The van der Waals surface area contributed by atoms with E-state index in [9.17, 15) is 35.1 Å². The van der Waals surface area contributed by atoms with Crippen molar-refractivity contribution in [1.82, 2.24) is 0 Å². The molecule has 0 bridgehead atoms. The van der Waals surface area contributed by atoms with E-state index in [1.165, 1.54) is 33.3 Å². The zero-order valence-electron chi connectivity index (χ0n) is 24.6. The number of carbonyl (C=O) groups is 2. The summed E-state index contributed by atoms with van der Waals surface area (Å²) in [5, 5.41) is 55.7. The smallest absolute Gasteiger partial charge is 0.200 e. The molecular formula is C32H34O11. The largest absolute Gasteiger partial charge is 0.506 e. The Kier molecular flexibility index (Phi) is 6.57. The number of phenols is 2. The Balaban J connectivity index is 1.51. The van der Waals surface area contributed by atoms with Crippen LogP contribution in [0, 0.1) is 13.8 Å². The molecule has 2 heterocycles. The number of ketones is 2. The first kappa shape index (κ1) is 29.3. The third-order valence-electron chi connectivity index (χ3n) is 9.43. The Morgan fingerprint density at radius 1 is 0.767 bits per heavy atom. The fourth-order valence-electron chi connectivity index (χ4n) is 7.01. The van der Waals surface area contributed by atoms with Gasteiger partial charge in [-0.1, -0.05) is 6.08 Å². The van der Waals surface area contributed by atoms with E-state index in [-0.39, 0.29) is 51.3 Å². The quantitative estimate of drug-likeness (QED) is 0.353. The zero-order valence-corrected chi connectivity index (χ0v) is 24.6. The molecule has 2 aliphatic heterocycles. The first-order chi connectivity index (χ1) is 20.2. The van der Waals surface area contributed by atoms with Crippen LogP contribution in [0.15, 0.2) is 35.4 Å². The highest BCUT2D eigenvalue weighted by molar-refractivity contribution is 6.18. The van der Waals surface area contributed by atoms with Gasteiger partial charge in [-0.05, 0) is 63.5 Å². The monoisotopic (exact) mass is 594 g/mol. The predicted octanol–water partition coefficient (Wildman–Crippen LogP) is 2.43. The molecule has 0 unspecified atom stereocenters. The van der Waals surface area contributed by atoms with Crippen LogP contribution in [0.4, 0.5) is 0 Å². The number of fused-ring (bicyclic) bond motifs is 4. The molecule has 0 aromatic heterocycles. The first-order valence-corrected chi connectivity index (χ1v) is 13.9. The van der Waals surface area contributed by atoms with E-state index >= 15 is 0 Å². The summed E-state index contributed by atoms with van der Waals surface area (Å²) < 4.78 is 22.9. The number of aryl methyl sites for hydroxylation is 2. The molecule has 2 aromatic carbocycles. The van der Waals surface area contributed by atoms with Gasteiger partial charge in [-0.3, -0.25) is 9.59 Å². The highest BCUT2D eigenvalue weighted by atomic mass is 16.5. The Morgan fingerprint density at radius 2 is 1.26 bits per heavy atom. The second kappa shape index (κ2) is 9.63. The zero-order chi connectivity index (χ0) is 31.3. The maximum Gasteiger partial charge on any atom is 0.200 e. The minimum atomic E-state index is -1.56. The van der Waals surface area contributed by atoms with E-state index in [1.807, 2.05) is 0 Å². The fraction of sp³-hybridized carbons (Fsp3) is 0.438. The van der Waals surface area contributed by atoms with Crippen LogP contribution >= 0.6 is 0 Å². The number of aliphatic hydroxyl groups is 3. The summed E-state index contributed by atoms with van der Waals surface area (Å²) in [6, 6.07) is 3.06. The molecule has 11 heteroatoms. The Morgan fingerprint density at radius 3 is 1.74 bits per heavy atom. The summed E-state index contributed by atoms with van der Waals surface area (Å²) in [7, 11) is 2.79. The first-order valence-electron chi connectivity index (χ1n) is 13.9. The van der Waals surface area contributed by atoms with Crippen LogP contribution in [0.25, 0.3) is 11.1 Å². The van der Waals surface area contributed by atoms with E-state index in [2.05, 4.69) is 0 Å². The van der Waals surface area contributed by atoms with Crippen molar-refractivity contribution in [1.29, 1.82) is 0 Å². The van der Waals surface area contributed by atoms with E-state index in [0.29, 0.717) is 11.1 Å². The Bertz CT molecular complexity index is 1660. The number of carbonyl (C=O) groups excluding carboxylic acids is 2. The molecule has 2 aliphatic carbocycles. The van der Waals surface area contributed by atoms with E-state index < -0.39 is 64.8 Å². The lowest BCUT2D eigenvalue weighted by atomic mass is 9.73. The molecule has 5 N–H and O–H groups in total. The van der Waals surface area contributed by atoms with Gasteiger partial charge in [0.15, 0.2) is 22.8 Å². The second-order valence-electron chi connectivity index (χ2n) is 11.9. The number of phenolic OH excluding ortho intramolecular Hbond substituents is 2. The van der Waals surface area contributed by atoms with Gasteiger partial charge in [-0.25, -0.2) is 0 Å². The molecule has 0 saturated heterocycles. The molecule has 7 atom stereocenters. The van der Waals surface area contributed by atoms with Crippen LogP contribution < -0.4 is 9.47 Å². The number of aliphatic hydroxyl groups excluding tert-OH is 3. The maximum absolute atomic E-state index is 13.8. The lowest BCUT2D eigenvalue weighted by molar-refractivity contribution is -0.135. The maximum atomic E-state index is 13.8. The molecule has 11 nitrogen and oxygen atoms in total. The van der Waals surface area contributed by atoms with Crippen molar-refractivity contribution in [3.8, 4) is 34.1 Å². The number of benzene rings is 2. The summed E-state index contributed by atoms with van der Waals surface area (Å²) in [6.45, 7) is 6.40. The highest BCUT2D eigenvalue weighted by Gasteiger charge is 2.56. The van der Waals surface area contributed by atoms with Crippen LogP contribution in [-0.2, 0) is 9.47 Å². The van der Waals surface area contributed by atoms with Gasteiger partial charge in [0, 0.05) is 36.5 Å². The minimum Gasteiger partial charge on any atom is -0.506 e. The number of aromatic hydroxyl groups is 2. The van der Waals surface area contributed by atoms with Crippen molar-refractivity contribution >= 4 is 11.6 Å². The molecule has 0 amide bonds. The SMILES string of the molecule is CO[C@H]1[C@H](O)C=C2C(=O)c3c(cc(C)c(-c4c(C)cc5c(c4O)C(=O)C4=CC[C@H](OC)[C@@H](O)[C@]4(C)O5)c3O)O[C@@]2(C)[C@@H]1O. The molecule has 2 aromatic rings. The third kappa shape index (κ3) is 3.79. The average molecular weight is 595 g/mol. The highest BCUT2D eigenvalue weighted by Crippen LogP contribution is 2.54. The number of hydrogen-bond acceptors (Lipinski definition) is 11. The van der Waals surface area contributed by atoms with Crippen molar-refractivity contribution < 1.29 is 54.1 Å². The lowest BCUT2D eigenvalue weighted by Crippen LogP contribution is -2.61. The van der Waals surface area contributed by atoms with Gasteiger partial charge in [-0.15, -0.1) is 0 Å². The normalized spacial score (nSPS) is 32.8. The van der Waals surface area contributed by atoms with Crippen LogP contribution in [0.3, 0.4) is 0 Å². The summed E-state index contributed by atoms with van der Waals surface area (Å²) >= 11 is 0. The van der Waals surface area contributed by atoms with E-state index in [0.717, 1.165) is 0 Å². The van der Waals surface area contributed by atoms with Crippen LogP contribution in [-0.4, -0.2) is 93.0 Å². The van der Waals surface area contributed by atoms with Crippen molar-refractivity contribution in [3.63, 3.8) is 0 Å². The van der Waals surface area contributed by atoms with Crippen molar-refractivity contribution in [3.05, 3.63) is 57.7 Å². The van der Waals surface area contributed by atoms with Crippen LogP contribution in [0.5, 0.6) is 23.0 Å². The van der Waals surface area contributed by atoms with Gasteiger partial charge in [0.2, 0.25) is 0 Å². The van der Waals surface area contributed by atoms with Crippen LogP contribution in [0.1, 0.15) is 52.1 Å². The Labute approximate surface area is 247 Å². The van der Waals surface area contributed by atoms with E-state index in [1.54, 1.807) is 32.9 Å². The second-order valence-corrected chi connectivity index (χ2v) is 11.9. The van der Waals surface area contributed by atoms with Crippen molar-refractivity contribution in [2.75, 3.05) is 14.2 Å². The fourth-order valence-corrected chi connectivity index (χ4v) is 7.01. The summed E-state index contributed by atoms with van der Waals surface area (Å²) in [4.78, 5) is 27.6. The van der Waals surface area contributed by atoms with Gasteiger partial charge < -0.3 is 44.5 Å². The number of Topliss-reactive ketones (excluding diaryl/α,β-unsaturated/α-hetero) is 2. The molecule has 0 radical (unpaired) electrons. The molecule has 6 rings (SSSR count). The van der Waals surface area contributed by atoms with Crippen molar-refractivity contribution in [2.24, 2.45) is 0 Å². The van der Waals surface area contributed by atoms with Gasteiger partial charge in [-0.2, -0.15) is 0 Å². The molecule has 0 spiro atoms. The summed E-state index contributed by atoms with van der Waals surface area (Å²) in [6.07, 6.45) is -2.34. The standard InChI is InChI=1S/C32H34O11/c1-12-9-18-22(24(34)14-7-8-17(40-5)29(38)31(14,3)42-18)26(36)20(12)21-13(2)10-19-23(27(21)37)25(35)15-11-16(33)28(41-6)30(39)32(15,4)43-19/h7,9-11,16-17,28-30,33,36-39H,8H2,1-6H3/t16-,17+,28+,29-,30-,31-,32-/m1/s1.